The smallest absolute Gasteiger partial charge is 0.262 e. The number of carbonyl (C=O) groups excluding carboxylic acids is 1. The molecule has 1 aliphatic heterocycles. The Morgan fingerprint density at radius 2 is 1.74 bits per heavy atom. The van der Waals surface area contributed by atoms with Gasteiger partial charge in [-0.2, -0.15) is 4.31 Å². The van der Waals surface area contributed by atoms with Crippen LogP contribution in [0.25, 0.3) is 0 Å². The quantitative estimate of drug-likeness (QED) is 0.679. The van der Waals surface area contributed by atoms with Crippen LogP contribution in [0, 0.1) is 0 Å². The second-order valence-corrected chi connectivity index (χ2v) is 9.56. The van der Waals surface area contributed by atoms with Gasteiger partial charge in [-0.05, 0) is 37.1 Å². The predicted molar refractivity (Wildman–Crippen MR) is 96.7 cm³/mol. The Morgan fingerprint density at radius 3 is 2.33 bits per heavy atom. The molecule has 0 aliphatic carbocycles. The third-order valence-electron chi connectivity index (χ3n) is 4.07. The number of aromatic nitrogens is 2. The molecule has 1 amide bonds. The van der Waals surface area contributed by atoms with E-state index in [1.165, 1.54) is 45.7 Å². The van der Waals surface area contributed by atoms with Gasteiger partial charge < -0.3 is 9.88 Å². The molecule has 3 N–H and O–H groups in total. The number of nitrogens with one attached hydrogen (secondary N) is 1. The zero-order valence-corrected chi connectivity index (χ0v) is 15.9. The molecule has 0 radical (unpaired) electrons. The molecule has 0 spiro atoms. The fourth-order valence-corrected chi connectivity index (χ4v) is 4.68. The van der Waals surface area contributed by atoms with E-state index in [0.717, 1.165) is 12.8 Å². The monoisotopic (exact) mass is 413 g/mol. The van der Waals surface area contributed by atoms with Crippen LogP contribution in [0.3, 0.4) is 0 Å². The first-order valence-electron chi connectivity index (χ1n) is 8.11. The summed E-state index contributed by atoms with van der Waals surface area (Å²) in [5, 5.41) is 7.52. The van der Waals surface area contributed by atoms with Crippen molar-refractivity contribution in [2.45, 2.75) is 29.3 Å². The Kier molecular flexibility index (Phi) is 5.33. The minimum absolute atomic E-state index is 0.0631. The van der Waals surface area contributed by atoms with Crippen molar-refractivity contribution in [1.29, 1.82) is 0 Å². The van der Waals surface area contributed by atoms with Crippen molar-refractivity contribution in [1.82, 2.24) is 13.9 Å². The first kappa shape index (κ1) is 19.5. The van der Waals surface area contributed by atoms with Crippen LogP contribution in [0.2, 0.25) is 0 Å². The Bertz CT molecular complexity index is 1040. The Hall–Kier alpha value is -2.28. The number of amides is 1. The van der Waals surface area contributed by atoms with E-state index in [-0.39, 0.29) is 16.5 Å². The summed E-state index contributed by atoms with van der Waals surface area (Å²) in [4.78, 5) is 16.0. The predicted octanol–water partition coefficient (Wildman–Crippen LogP) is -0.0463. The number of imidazole rings is 1. The number of nitrogens with zero attached hydrogens (tertiary/aromatic N) is 3. The first-order valence-corrected chi connectivity index (χ1v) is 11.1. The molecule has 10 nitrogen and oxygen atoms in total. The molecule has 2 heterocycles. The lowest BCUT2D eigenvalue weighted by atomic mass is 10.3. The van der Waals surface area contributed by atoms with Gasteiger partial charge in [0.1, 0.15) is 6.54 Å². The molecular weight excluding hydrogens is 394 g/mol. The van der Waals surface area contributed by atoms with Crippen molar-refractivity contribution in [3.63, 3.8) is 0 Å². The summed E-state index contributed by atoms with van der Waals surface area (Å²) >= 11 is 0. The van der Waals surface area contributed by atoms with E-state index in [4.69, 9.17) is 5.14 Å². The highest BCUT2D eigenvalue weighted by Crippen LogP contribution is 2.19. The van der Waals surface area contributed by atoms with Crippen LogP contribution < -0.4 is 10.5 Å². The lowest BCUT2D eigenvalue weighted by molar-refractivity contribution is -0.116. The highest BCUT2D eigenvalue weighted by molar-refractivity contribution is 7.89. The van der Waals surface area contributed by atoms with Crippen LogP contribution in [0.4, 0.5) is 5.69 Å². The van der Waals surface area contributed by atoms with Crippen molar-refractivity contribution in [3.8, 4) is 0 Å². The van der Waals surface area contributed by atoms with Crippen LogP contribution in [0.1, 0.15) is 12.8 Å². The molecule has 3 rings (SSSR count). The standard InChI is InChI=1S/C15H19N5O5S2/c16-26(22,23)13-5-3-12(4-6-13)18-14(21)9-19-10-15(17-11-19)27(24,25)20-7-1-2-8-20/h3-6,10-11H,1-2,7-9H2,(H,18,21)(H2,16,22,23). The summed E-state index contributed by atoms with van der Waals surface area (Å²) in [5.41, 5.74) is 0.387. The van der Waals surface area contributed by atoms with Crippen molar-refractivity contribution >= 4 is 31.6 Å². The Morgan fingerprint density at radius 1 is 1.11 bits per heavy atom. The number of hydrogen-bond donors (Lipinski definition) is 2. The summed E-state index contributed by atoms with van der Waals surface area (Å²) in [6.45, 7) is 0.813. The van der Waals surface area contributed by atoms with E-state index in [1.807, 2.05) is 0 Å². The van der Waals surface area contributed by atoms with Gasteiger partial charge in [0.15, 0.2) is 5.03 Å². The second-order valence-electron chi connectivity index (χ2n) is 6.11. The van der Waals surface area contributed by atoms with E-state index < -0.39 is 26.0 Å². The fraction of sp³-hybridized carbons (Fsp3) is 0.333. The minimum atomic E-state index is -3.80. The summed E-state index contributed by atoms with van der Waals surface area (Å²) in [7, 11) is -7.43. The largest absolute Gasteiger partial charge is 0.327 e. The molecule has 1 aromatic carbocycles. The number of anilines is 1. The van der Waals surface area contributed by atoms with Crippen LogP contribution in [-0.2, 0) is 31.4 Å². The van der Waals surface area contributed by atoms with E-state index in [9.17, 15) is 21.6 Å². The number of hydrogen-bond acceptors (Lipinski definition) is 6. The van der Waals surface area contributed by atoms with E-state index >= 15 is 0 Å². The molecule has 1 aliphatic rings. The zero-order valence-electron chi connectivity index (χ0n) is 14.3. The van der Waals surface area contributed by atoms with Crippen LogP contribution in [0.15, 0.2) is 46.7 Å². The number of nitrogens with two attached hydrogens (primary N) is 1. The average molecular weight is 413 g/mol. The van der Waals surface area contributed by atoms with Gasteiger partial charge >= 0.3 is 0 Å². The molecule has 27 heavy (non-hydrogen) atoms. The summed E-state index contributed by atoms with van der Waals surface area (Å²) in [6.07, 6.45) is 4.25. The van der Waals surface area contributed by atoms with Crippen LogP contribution in [-0.4, -0.2) is 49.7 Å². The topological polar surface area (TPSA) is 144 Å². The highest BCUT2D eigenvalue weighted by atomic mass is 32.2. The number of rotatable bonds is 6. The lowest BCUT2D eigenvalue weighted by Crippen LogP contribution is -2.28. The third kappa shape index (κ3) is 4.53. The van der Waals surface area contributed by atoms with Gasteiger partial charge in [0.05, 0.1) is 11.2 Å². The molecule has 146 valence electrons. The molecule has 1 fully saturated rings. The number of sulfonamides is 2. The lowest BCUT2D eigenvalue weighted by Gasteiger charge is -2.12. The highest BCUT2D eigenvalue weighted by Gasteiger charge is 2.29. The average Bonchev–Trinajstić information content (AvgIpc) is 3.26. The van der Waals surface area contributed by atoms with Gasteiger partial charge in [0.25, 0.3) is 10.0 Å². The Balaban J connectivity index is 1.64. The number of carbonyl (C=O) groups is 1. The maximum absolute atomic E-state index is 12.4. The molecule has 1 saturated heterocycles. The molecular formula is C15H19N5O5S2. The van der Waals surface area contributed by atoms with Gasteiger partial charge in [0.2, 0.25) is 15.9 Å². The zero-order chi connectivity index (χ0) is 19.7. The first-order chi connectivity index (χ1) is 12.7. The molecule has 1 aromatic heterocycles. The molecule has 0 atom stereocenters. The maximum Gasteiger partial charge on any atom is 0.262 e. The normalized spacial score (nSPS) is 15.7. The van der Waals surface area contributed by atoms with E-state index in [2.05, 4.69) is 10.3 Å². The van der Waals surface area contributed by atoms with Gasteiger partial charge in [-0.25, -0.2) is 27.0 Å². The minimum Gasteiger partial charge on any atom is -0.327 e. The maximum atomic E-state index is 12.4. The van der Waals surface area contributed by atoms with Crippen molar-refractivity contribution < 1.29 is 21.6 Å². The SMILES string of the molecule is NS(=O)(=O)c1ccc(NC(=O)Cn2cnc(S(=O)(=O)N3CCCC3)c2)cc1. The number of primary sulfonamides is 1. The van der Waals surface area contributed by atoms with Crippen molar-refractivity contribution in [3.05, 3.63) is 36.8 Å². The van der Waals surface area contributed by atoms with Gasteiger partial charge in [-0.3, -0.25) is 4.79 Å². The van der Waals surface area contributed by atoms with Gasteiger partial charge in [-0.15, -0.1) is 0 Å². The molecule has 0 bridgehead atoms. The second kappa shape index (κ2) is 7.38. The summed E-state index contributed by atoms with van der Waals surface area (Å²) < 4.78 is 50.0. The van der Waals surface area contributed by atoms with Crippen molar-refractivity contribution in [2.75, 3.05) is 18.4 Å². The molecule has 12 heteroatoms. The Labute approximate surface area is 157 Å². The third-order valence-corrected chi connectivity index (χ3v) is 6.79. The molecule has 0 unspecified atom stereocenters. The summed E-state index contributed by atoms with van der Waals surface area (Å²) in [5.74, 6) is -0.416. The van der Waals surface area contributed by atoms with Crippen molar-refractivity contribution in [2.24, 2.45) is 5.14 Å². The summed E-state index contributed by atoms with van der Waals surface area (Å²) in [6, 6.07) is 5.38. The van der Waals surface area contributed by atoms with Crippen LogP contribution >= 0.6 is 0 Å². The molecule has 0 saturated carbocycles. The van der Waals surface area contributed by atoms with Crippen LogP contribution in [0.5, 0.6) is 0 Å². The molecule has 2 aromatic rings. The van der Waals surface area contributed by atoms with E-state index in [0.29, 0.717) is 18.8 Å². The van der Waals surface area contributed by atoms with Gasteiger partial charge in [-0.1, -0.05) is 0 Å². The number of benzene rings is 1. The van der Waals surface area contributed by atoms with Gasteiger partial charge in [0, 0.05) is 25.0 Å². The fourth-order valence-electron chi connectivity index (χ4n) is 2.71. The van der Waals surface area contributed by atoms with E-state index in [1.54, 1.807) is 0 Å².